The number of nitrogens with zero attached hydrogens (tertiary/aromatic N) is 2. The molecule has 1 fully saturated rings. The molecule has 2 atom stereocenters. The van der Waals surface area contributed by atoms with Crippen LogP contribution in [0.2, 0.25) is 0 Å². The quantitative estimate of drug-likeness (QED) is 0.820. The van der Waals surface area contributed by atoms with E-state index in [1.165, 1.54) is 19.3 Å². The van der Waals surface area contributed by atoms with E-state index in [1.54, 1.807) is 0 Å². The topological polar surface area (TPSA) is 38.1 Å². The van der Waals surface area contributed by atoms with Gasteiger partial charge in [0.25, 0.3) is 0 Å². The SMILES string of the molecule is CCCC1CCCC(O)(c2nccn2CCC)CC1. The van der Waals surface area contributed by atoms with Crippen molar-refractivity contribution in [1.82, 2.24) is 9.55 Å². The Morgan fingerprint density at radius 1 is 1.32 bits per heavy atom. The fourth-order valence-corrected chi connectivity index (χ4v) is 3.45. The Morgan fingerprint density at radius 2 is 2.16 bits per heavy atom. The van der Waals surface area contributed by atoms with Gasteiger partial charge in [0.05, 0.1) is 0 Å². The molecule has 1 aliphatic carbocycles. The predicted molar refractivity (Wildman–Crippen MR) is 77.9 cm³/mol. The molecule has 1 saturated carbocycles. The normalized spacial score (nSPS) is 28.3. The lowest BCUT2D eigenvalue weighted by Gasteiger charge is -2.27. The van der Waals surface area contributed by atoms with E-state index >= 15 is 0 Å². The van der Waals surface area contributed by atoms with Crippen molar-refractivity contribution in [2.24, 2.45) is 5.92 Å². The first kappa shape index (κ1) is 14.6. The van der Waals surface area contributed by atoms with Gasteiger partial charge in [0, 0.05) is 18.9 Å². The maximum Gasteiger partial charge on any atom is 0.140 e. The molecule has 2 unspecified atom stereocenters. The van der Waals surface area contributed by atoms with E-state index in [4.69, 9.17) is 0 Å². The summed E-state index contributed by atoms with van der Waals surface area (Å²) in [6.07, 6.45) is 12.8. The minimum absolute atomic E-state index is 0.693. The fraction of sp³-hybridized carbons (Fsp3) is 0.812. The Labute approximate surface area is 117 Å². The van der Waals surface area contributed by atoms with Crippen molar-refractivity contribution in [3.05, 3.63) is 18.2 Å². The third-order valence-corrected chi connectivity index (χ3v) is 4.46. The molecule has 0 spiro atoms. The zero-order valence-corrected chi connectivity index (χ0v) is 12.4. The number of hydrogen-bond acceptors (Lipinski definition) is 2. The summed E-state index contributed by atoms with van der Waals surface area (Å²) in [5.74, 6) is 1.69. The molecule has 0 aromatic carbocycles. The van der Waals surface area contributed by atoms with Crippen LogP contribution >= 0.6 is 0 Å². The van der Waals surface area contributed by atoms with Crippen LogP contribution in [0.3, 0.4) is 0 Å². The van der Waals surface area contributed by atoms with Gasteiger partial charge in [0.2, 0.25) is 0 Å². The zero-order valence-electron chi connectivity index (χ0n) is 12.4. The summed E-state index contributed by atoms with van der Waals surface area (Å²) in [5.41, 5.74) is -0.693. The van der Waals surface area contributed by atoms with E-state index < -0.39 is 5.60 Å². The molecule has 0 aliphatic heterocycles. The second-order valence-electron chi connectivity index (χ2n) is 6.06. The van der Waals surface area contributed by atoms with Crippen LogP contribution in [0.15, 0.2) is 12.4 Å². The molecule has 108 valence electrons. The first-order valence-corrected chi connectivity index (χ1v) is 7.93. The second kappa shape index (κ2) is 6.56. The number of rotatable bonds is 5. The van der Waals surface area contributed by atoms with Gasteiger partial charge in [0.1, 0.15) is 11.4 Å². The van der Waals surface area contributed by atoms with Crippen LogP contribution < -0.4 is 0 Å². The molecule has 3 nitrogen and oxygen atoms in total. The Balaban J connectivity index is 2.11. The number of aryl methyl sites for hydroxylation is 1. The van der Waals surface area contributed by atoms with E-state index in [9.17, 15) is 5.11 Å². The van der Waals surface area contributed by atoms with Crippen LogP contribution in [0, 0.1) is 5.92 Å². The summed E-state index contributed by atoms with van der Waals surface area (Å²) in [4.78, 5) is 4.46. The Morgan fingerprint density at radius 3 is 2.89 bits per heavy atom. The second-order valence-corrected chi connectivity index (χ2v) is 6.06. The summed E-state index contributed by atoms with van der Waals surface area (Å²) < 4.78 is 2.14. The maximum atomic E-state index is 11.0. The first-order chi connectivity index (χ1) is 9.19. The molecular weight excluding hydrogens is 236 g/mol. The molecule has 1 heterocycles. The number of hydrogen-bond donors (Lipinski definition) is 1. The van der Waals surface area contributed by atoms with Gasteiger partial charge >= 0.3 is 0 Å². The Bertz CT molecular complexity index is 388. The maximum absolute atomic E-state index is 11.0. The molecule has 0 radical (unpaired) electrons. The van der Waals surface area contributed by atoms with Crippen LogP contribution in [0.1, 0.15) is 71.0 Å². The van der Waals surface area contributed by atoms with Gasteiger partial charge in [-0.05, 0) is 38.0 Å². The third-order valence-electron chi connectivity index (χ3n) is 4.46. The number of aromatic nitrogens is 2. The van der Waals surface area contributed by atoms with Crippen molar-refractivity contribution in [3.8, 4) is 0 Å². The van der Waals surface area contributed by atoms with E-state index in [-0.39, 0.29) is 0 Å². The molecule has 0 bridgehead atoms. The van der Waals surface area contributed by atoms with E-state index in [1.807, 2.05) is 12.4 Å². The van der Waals surface area contributed by atoms with E-state index in [2.05, 4.69) is 23.4 Å². The molecule has 1 aromatic heterocycles. The van der Waals surface area contributed by atoms with Crippen molar-refractivity contribution >= 4 is 0 Å². The minimum Gasteiger partial charge on any atom is -0.382 e. The van der Waals surface area contributed by atoms with Crippen molar-refractivity contribution < 1.29 is 5.11 Å². The van der Waals surface area contributed by atoms with Crippen molar-refractivity contribution in [2.75, 3.05) is 0 Å². The highest BCUT2D eigenvalue weighted by molar-refractivity contribution is 5.06. The van der Waals surface area contributed by atoms with Crippen LogP contribution in [-0.2, 0) is 12.1 Å². The van der Waals surface area contributed by atoms with Gasteiger partial charge in [-0.15, -0.1) is 0 Å². The Hall–Kier alpha value is -0.830. The monoisotopic (exact) mass is 264 g/mol. The summed E-state index contributed by atoms with van der Waals surface area (Å²) in [6.45, 7) is 5.37. The van der Waals surface area contributed by atoms with Crippen molar-refractivity contribution in [3.63, 3.8) is 0 Å². The molecule has 0 saturated heterocycles. The van der Waals surface area contributed by atoms with Crippen LogP contribution in [0.4, 0.5) is 0 Å². The van der Waals surface area contributed by atoms with Crippen molar-refractivity contribution in [2.45, 2.75) is 77.4 Å². The highest BCUT2D eigenvalue weighted by Crippen LogP contribution is 2.38. The highest BCUT2D eigenvalue weighted by atomic mass is 16.3. The minimum atomic E-state index is -0.693. The summed E-state index contributed by atoms with van der Waals surface area (Å²) in [7, 11) is 0. The average molecular weight is 264 g/mol. The number of imidazole rings is 1. The molecule has 1 aromatic rings. The van der Waals surface area contributed by atoms with Crippen molar-refractivity contribution in [1.29, 1.82) is 0 Å². The lowest BCUT2D eigenvalue weighted by Crippen LogP contribution is -2.29. The predicted octanol–water partition coefficient (Wildman–Crippen LogP) is 3.86. The fourth-order valence-electron chi connectivity index (χ4n) is 3.45. The summed E-state index contributed by atoms with van der Waals surface area (Å²) in [6, 6.07) is 0. The molecule has 3 heteroatoms. The van der Waals surface area contributed by atoms with Gasteiger partial charge in [-0.1, -0.05) is 33.1 Å². The Kier molecular flexibility index (Phi) is 5.03. The van der Waals surface area contributed by atoms with Crippen LogP contribution in [0.25, 0.3) is 0 Å². The van der Waals surface area contributed by atoms with Gasteiger partial charge < -0.3 is 9.67 Å². The van der Waals surface area contributed by atoms with E-state index in [0.29, 0.717) is 0 Å². The van der Waals surface area contributed by atoms with Gasteiger partial charge in [-0.25, -0.2) is 4.98 Å². The standard InChI is InChI=1S/C16H28N2O/c1-3-6-14-7-5-9-16(19,10-8-14)15-17-11-13-18(15)12-4-2/h11,13-14,19H,3-10,12H2,1-2H3. The lowest BCUT2D eigenvalue weighted by atomic mass is 9.91. The lowest BCUT2D eigenvalue weighted by molar-refractivity contribution is 0.00732. The number of aliphatic hydroxyl groups is 1. The molecule has 1 aliphatic rings. The zero-order chi connectivity index (χ0) is 13.7. The average Bonchev–Trinajstić information content (AvgIpc) is 2.77. The van der Waals surface area contributed by atoms with Gasteiger partial charge in [-0.2, -0.15) is 0 Å². The third kappa shape index (κ3) is 3.38. The summed E-state index contributed by atoms with van der Waals surface area (Å²) in [5, 5.41) is 11.0. The molecular formula is C16H28N2O. The molecule has 19 heavy (non-hydrogen) atoms. The summed E-state index contributed by atoms with van der Waals surface area (Å²) >= 11 is 0. The first-order valence-electron chi connectivity index (χ1n) is 7.93. The highest BCUT2D eigenvalue weighted by Gasteiger charge is 2.35. The largest absolute Gasteiger partial charge is 0.382 e. The smallest absolute Gasteiger partial charge is 0.140 e. The molecule has 1 N–H and O–H groups in total. The van der Waals surface area contributed by atoms with E-state index in [0.717, 1.165) is 50.4 Å². The van der Waals surface area contributed by atoms with Crippen LogP contribution in [0.5, 0.6) is 0 Å². The van der Waals surface area contributed by atoms with Gasteiger partial charge in [0.15, 0.2) is 0 Å². The molecule has 0 amide bonds. The van der Waals surface area contributed by atoms with Crippen LogP contribution in [-0.4, -0.2) is 14.7 Å². The van der Waals surface area contributed by atoms with Gasteiger partial charge in [-0.3, -0.25) is 0 Å². The molecule has 2 rings (SSSR count).